The molecular formula is C11H20N4S. The van der Waals surface area contributed by atoms with E-state index in [0.717, 1.165) is 13.1 Å². The molecule has 0 amide bonds. The lowest BCUT2D eigenvalue weighted by atomic mass is 10.1. The number of hydrogen-bond donors (Lipinski definition) is 1. The Kier molecular flexibility index (Phi) is 4.69. The Balaban J connectivity index is 1.65. The van der Waals surface area contributed by atoms with Gasteiger partial charge in [-0.2, -0.15) is 0 Å². The Bertz CT molecular complexity index is 282. The molecule has 16 heavy (non-hydrogen) atoms. The topological polar surface area (TPSA) is 41.0 Å². The second-order valence-corrected chi connectivity index (χ2v) is 5.40. The van der Waals surface area contributed by atoms with Crippen molar-refractivity contribution in [1.82, 2.24) is 19.8 Å². The standard InChI is InChI=1S/C11H20N4S/c1-10(9-15-5-3-2-4-6-15)12-7-11-8-13-14-16-11/h8,10,12H,2-7,9H2,1H3. The van der Waals surface area contributed by atoms with E-state index in [1.807, 2.05) is 6.20 Å². The van der Waals surface area contributed by atoms with Crippen molar-refractivity contribution in [3.05, 3.63) is 11.1 Å². The van der Waals surface area contributed by atoms with Crippen LogP contribution in [-0.2, 0) is 6.54 Å². The van der Waals surface area contributed by atoms with Crippen LogP contribution in [0.4, 0.5) is 0 Å². The molecule has 0 aliphatic carbocycles. The molecule has 1 aliphatic rings. The maximum absolute atomic E-state index is 3.86. The van der Waals surface area contributed by atoms with E-state index in [-0.39, 0.29) is 0 Å². The third-order valence-electron chi connectivity index (χ3n) is 3.01. The summed E-state index contributed by atoms with van der Waals surface area (Å²) in [4.78, 5) is 3.78. The number of nitrogens with one attached hydrogen (secondary N) is 1. The highest BCUT2D eigenvalue weighted by Gasteiger charge is 2.13. The molecule has 1 aromatic heterocycles. The van der Waals surface area contributed by atoms with Crippen LogP contribution in [0, 0.1) is 0 Å². The molecule has 2 rings (SSSR count). The summed E-state index contributed by atoms with van der Waals surface area (Å²) in [6.45, 7) is 6.85. The summed E-state index contributed by atoms with van der Waals surface area (Å²) in [5.74, 6) is 0. The average molecular weight is 240 g/mol. The minimum atomic E-state index is 0.542. The largest absolute Gasteiger partial charge is 0.308 e. The molecule has 0 saturated carbocycles. The van der Waals surface area contributed by atoms with Crippen molar-refractivity contribution in [2.75, 3.05) is 19.6 Å². The van der Waals surface area contributed by atoms with Gasteiger partial charge in [0.1, 0.15) is 0 Å². The molecule has 1 unspecified atom stereocenters. The van der Waals surface area contributed by atoms with E-state index in [1.54, 1.807) is 0 Å². The van der Waals surface area contributed by atoms with Crippen molar-refractivity contribution in [1.29, 1.82) is 0 Å². The maximum Gasteiger partial charge on any atom is 0.0666 e. The summed E-state index contributed by atoms with van der Waals surface area (Å²) in [6, 6.07) is 0.542. The molecule has 4 nitrogen and oxygen atoms in total. The number of nitrogens with zero attached hydrogens (tertiary/aromatic N) is 3. The van der Waals surface area contributed by atoms with Crippen LogP contribution in [0.25, 0.3) is 0 Å². The minimum Gasteiger partial charge on any atom is -0.308 e. The summed E-state index contributed by atoms with van der Waals surface area (Å²) in [6.07, 6.45) is 5.98. The Hall–Kier alpha value is -0.520. The SMILES string of the molecule is CC(CN1CCCCC1)NCc1cnns1. The molecule has 1 saturated heterocycles. The summed E-state index contributed by atoms with van der Waals surface area (Å²) in [7, 11) is 0. The smallest absolute Gasteiger partial charge is 0.0666 e. The zero-order chi connectivity index (χ0) is 11.2. The zero-order valence-electron chi connectivity index (χ0n) is 9.85. The minimum absolute atomic E-state index is 0.542. The molecule has 2 heterocycles. The average Bonchev–Trinajstić information content (AvgIpc) is 2.81. The highest BCUT2D eigenvalue weighted by atomic mass is 32.1. The predicted octanol–water partition coefficient (Wildman–Crippen LogP) is 1.50. The van der Waals surface area contributed by atoms with Crippen LogP contribution < -0.4 is 5.32 Å². The van der Waals surface area contributed by atoms with Gasteiger partial charge in [-0.1, -0.05) is 10.9 Å². The predicted molar refractivity (Wildman–Crippen MR) is 66.5 cm³/mol. The van der Waals surface area contributed by atoms with Crippen LogP contribution in [-0.4, -0.2) is 40.2 Å². The van der Waals surface area contributed by atoms with Crippen molar-refractivity contribution in [2.45, 2.75) is 38.8 Å². The van der Waals surface area contributed by atoms with Gasteiger partial charge in [0.2, 0.25) is 0 Å². The van der Waals surface area contributed by atoms with Gasteiger partial charge in [0.25, 0.3) is 0 Å². The number of piperidine rings is 1. The first-order chi connectivity index (χ1) is 7.84. The van der Waals surface area contributed by atoms with E-state index in [1.165, 1.54) is 48.8 Å². The third-order valence-corrected chi connectivity index (χ3v) is 3.67. The molecule has 1 fully saturated rings. The molecular weight excluding hydrogens is 220 g/mol. The highest BCUT2D eigenvalue weighted by Crippen LogP contribution is 2.09. The lowest BCUT2D eigenvalue weighted by Crippen LogP contribution is -2.41. The fourth-order valence-corrected chi connectivity index (χ4v) is 2.58. The number of hydrogen-bond acceptors (Lipinski definition) is 5. The Morgan fingerprint density at radius 1 is 1.44 bits per heavy atom. The van der Waals surface area contributed by atoms with Crippen molar-refractivity contribution < 1.29 is 0 Å². The molecule has 0 bridgehead atoms. The van der Waals surface area contributed by atoms with Gasteiger partial charge in [-0.25, -0.2) is 0 Å². The third kappa shape index (κ3) is 3.81. The van der Waals surface area contributed by atoms with E-state index < -0.39 is 0 Å². The van der Waals surface area contributed by atoms with Gasteiger partial charge in [-0.15, -0.1) is 5.10 Å². The maximum atomic E-state index is 3.86. The van der Waals surface area contributed by atoms with E-state index in [4.69, 9.17) is 0 Å². The van der Waals surface area contributed by atoms with E-state index in [0.29, 0.717) is 6.04 Å². The lowest BCUT2D eigenvalue weighted by Gasteiger charge is -2.29. The number of likely N-dealkylation sites (tertiary alicyclic amines) is 1. The van der Waals surface area contributed by atoms with Gasteiger partial charge in [0.15, 0.2) is 0 Å². The monoisotopic (exact) mass is 240 g/mol. The first-order valence-corrected chi connectivity index (χ1v) is 6.84. The zero-order valence-corrected chi connectivity index (χ0v) is 10.7. The Labute approximate surface area is 101 Å². The fourth-order valence-electron chi connectivity index (χ4n) is 2.13. The second-order valence-electron chi connectivity index (χ2n) is 4.53. The summed E-state index contributed by atoms with van der Waals surface area (Å²) in [5, 5.41) is 7.35. The van der Waals surface area contributed by atoms with Gasteiger partial charge < -0.3 is 10.2 Å². The fraction of sp³-hybridized carbons (Fsp3) is 0.818. The summed E-state index contributed by atoms with van der Waals surface area (Å²) >= 11 is 1.47. The van der Waals surface area contributed by atoms with Crippen LogP contribution in [0.2, 0.25) is 0 Å². The van der Waals surface area contributed by atoms with Gasteiger partial charge in [-0.05, 0) is 44.4 Å². The van der Waals surface area contributed by atoms with Crippen molar-refractivity contribution in [2.24, 2.45) is 0 Å². The molecule has 90 valence electrons. The van der Waals surface area contributed by atoms with Crippen LogP contribution in [0.5, 0.6) is 0 Å². The van der Waals surface area contributed by atoms with Crippen LogP contribution in [0.1, 0.15) is 31.1 Å². The van der Waals surface area contributed by atoms with Gasteiger partial charge in [0, 0.05) is 19.1 Å². The van der Waals surface area contributed by atoms with Crippen LogP contribution >= 0.6 is 11.5 Å². The van der Waals surface area contributed by atoms with E-state index >= 15 is 0 Å². The normalized spacial score (nSPS) is 19.8. The Morgan fingerprint density at radius 2 is 2.25 bits per heavy atom. The first-order valence-electron chi connectivity index (χ1n) is 6.06. The quantitative estimate of drug-likeness (QED) is 0.847. The van der Waals surface area contributed by atoms with E-state index in [2.05, 4.69) is 26.7 Å². The summed E-state index contributed by atoms with van der Waals surface area (Å²) < 4.78 is 3.86. The molecule has 0 aromatic carbocycles. The molecule has 0 radical (unpaired) electrons. The molecule has 1 N–H and O–H groups in total. The molecule has 1 aliphatic heterocycles. The number of aromatic nitrogens is 2. The van der Waals surface area contributed by atoms with Crippen LogP contribution in [0.3, 0.4) is 0 Å². The second kappa shape index (κ2) is 6.27. The van der Waals surface area contributed by atoms with E-state index in [9.17, 15) is 0 Å². The molecule has 1 atom stereocenters. The molecule has 5 heteroatoms. The summed E-state index contributed by atoms with van der Waals surface area (Å²) in [5.41, 5.74) is 0. The van der Waals surface area contributed by atoms with Crippen LogP contribution in [0.15, 0.2) is 6.20 Å². The number of rotatable bonds is 5. The van der Waals surface area contributed by atoms with Gasteiger partial charge in [0.05, 0.1) is 11.1 Å². The Morgan fingerprint density at radius 3 is 2.94 bits per heavy atom. The van der Waals surface area contributed by atoms with Crippen molar-refractivity contribution in [3.8, 4) is 0 Å². The molecule has 1 aromatic rings. The van der Waals surface area contributed by atoms with Crippen molar-refractivity contribution >= 4 is 11.5 Å². The highest BCUT2D eigenvalue weighted by molar-refractivity contribution is 7.05. The van der Waals surface area contributed by atoms with Gasteiger partial charge >= 0.3 is 0 Å². The van der Waals surface area contributed by atoms with Gasteiger partial charge in [-0.3, -0.25) is 0 Å². The molecule has 0 spiro atoms. The lowest BCUT2D eigenvalue weighted by molar-refractivity contribution is 0.209. The van der Waals surface area contributed by atoms with Crippen molar-refractivity contribution in [3.63, 3.8) is 0 Å². The first kappa shape index (κ1) is 12.0.